The number of hydrogen-bond donors (Lipinski definition) is 1. The lowest BCUT2D eigenvalue weighted by atomic mass is 9.77. The second kappa shape index (κ2) is 5.96. The Morgan fingerprint density at radius 3 is 2.71 bits per heavy atom. The van der Waals surface area contributed by atoms with Gasteiger partial charge in [0.2, 0.25) is 0 Å². The van der Waals surface area contributed by atoms with Gasteiger partial charge in [0.1, 0.15) is 12.4 Å². The fourth-order valence-electron chi connectivity index (χ4n) is 3.21. The molecule has 1 fully saturated rings. The average Bonchev–Trinajstić information content (AvgIpc) is 3.06. The Hall–Kier alpha value is -1.71. The van der Waals surface area contributed by atoms with Crippen LogP contribution in [0.2, 0.25) is 0 Å². The zero-order chi connectivity index (χ0) is 14.7. The Kier molecular flexibility index (Phi) is 4.04. The topological polar surface area (TPSA) is 46.5 Å². The third-order valence-corrected chi connectivity index (χ3v) is 4.49. The molecular weight excluding hydrogens is 264 g/mol. The number of allylic oxidation sites excluding steroid dienone is 3. The first-order valence-electron chi connectivity index (χ1n) is 7.44. The molecule has 110 valence electrons. The van der Waals surface area contributed by atoms with E-state index in [1.807, 2.05) is 54.6 Å². The van der Waals surface area contributed by atoms with Gasteiger partial charge in [-0.2, -0.15) is 0 Å². The third-order valence-electron chi connectivity index (χ3n) is 4.49. The van der Waals surface area contributed by atoms with Crippen LogP contribution in [0.1, 0.15) is 30.9 Å². The normalized spacial score (nSPS) is 33.0. The molecule has 4 unspecified atom stereocenters. The van der Waals surface area contributed by atoms with Crippen molar-refractivity contribution in [2.24, 2.45) is 5.41 Å². The molecule has 1 aliphatic heterocycles. The predicted octanol–water partition coefficient (Wildman–Crippen LogP) is 2.97. The largest absolute Gasteiger partial charge is 0.386 e. The van der Waals surface area contributed by atoms with Gasteiger partial charge in [0, 0.05) is 0 Å². The highest BCUT2D eigenvalue weighted by molar-refractivity contribution is 5.65. The molecule has 2 aliphatic rings. The van der Waals surface area contributed by atoms with E-state index in [1.54, 1.807) is 0 Å². The molecule has 0 radical (unpaired) electrons. The monoisotopic (exact) mass is 284 g/mol. The number of aliphatic hydroxyl groups is 1. The Morgan fingerprint density at radius 1 is 1.24 bits per heavy atom. The molecule has 0 aromatic heterocycles. The second-order valence-corrected chi connectivity index (χ2v) is 5.82. The van der Waals surface area contributed by atoms with E-state index in [9.17, 15) is 9.90 Å². The van der Waals surface area contributed by atoms with Gasteiger partial charge >= 0.3 is 0 Å². The Morgan fingerprint density at radius 2 is 2.05 bits per heavy atom. The van der Waals surface area contributed by atoms with Crippen LogP contribution in [0, 0.1) is 5.41 Å². The van der Waals surface area contributed by atoms with E-state index in [1.165, 1.54) is 0 Å². The molecule has 1 aromatic rings. The number of benzene rings is 1. The molecular formula is C18H20O3. The van der Waals surface area contributed by atoms with Crippen molar-refractivity contribution in [3.8, 4) is 0 Å². The van der Waals surface area contributed by atoms with Crippen LogP contribution in [0.15, 0.2) is 54.6 Å². The average molecular weight is 284 g/mol. The summed E-state index contributed by atoms with van der Waals surface area (Å²) in [5, 5.41) is 10.4. The summed E-state index contributed by atoms with van der Waals surface area (Å²) in [4.78, 5) is 11.6. The molecule has 4 atom stereocenters. The molecule has 1 saturated heterocycles. The standard InChI is InChI=1S/C18H20O3/c19-13-18(11-5-2-6-12-18)16-10-9-15(21-16)17(20)14-7-3-1-4-8-14/h1-8,11,13,15-17,20H,9-10,12H2. The van der Waals surface area contributed by atoms with Crippen molar-refractivity contribution >= 4 is 6.29 Å². The lowest BCUT2D eigenvalue weighted by molar-refractivity contribution is -0.124. The maximum atomic E-state index is 11.6. The highest BCUT2D eigenvalue weighted by Crippen LogP contribution is 2.41. The van der Waals surface area contributed by atoms with Crippen molar-refractivity contribution in [2.75, 3.05) is 0 Å². The van der Waals surface area contributed by atoms with E-state index >= 15 is 0 Å². The summed E-state index contributed by atoms with van der Waals surface area (Å²) in [5.41, 5.74) is 0.294. The SMILES string of the molecule is O=CC1(C2CCC(C(O)c3ccccc3)O2)C=CC=CC1. The summed E-state index contributed by atoms with van der Waals surface area (Å²) in [6.07, 6.45) is 9.99. The van der Waals surface area contributed by atoms with Gasteiger partial charge in [-0.1, -0.05) is 54.6 Å². The van der Waals surface area contributed by atoms with E-state index < -0.39 is 11.5 Å². The first-order chi connectivity index (χ1) is 10.2. The number of aldehydes is 1. The fraction of sp³-hybridized carbons (Fsp3) is 0.389. The Bertz CT molecular complexity index is 549. The predicted molar refractivity (Wildman–Crippen MR) is 80.7 cm³/mol. The Balaban J connectivity index is 1.72. The molecule has 3 rings (SSSR count). The number of ether oxygens (including phenoxy) is 1. The molecule has 1 N–H and O–H groups in total. The van der Waals surface area contributed by atoms with E-state index in [-0.39, 0.29) is 12.2 Å². The van der Waals surface area contributed by atoms with E-state index in [4.69, 9.17) is 4.74 Å². The summed E-state index contributed by atoms with van der Waals surface area (Å²) in [5.74, 6) is 0. The van der Waals surface area contributed by atoms with Crippen LogP contribution in [-0.2, 0) is 9.53 Å². The van der Waals surface area contributed by atoms with Crippen LogP contribution in [0.4, 0.5) is 0 Å². The first kappa shape index (κ1) is 14.2. The van der Waals surface area contributed by atoms with Crippen molar-refractivity contribution in [1.82, 2.24) is 0 Å². The number of rotatable bonds is 4. The molecule has 3 nitrogen and oxygen atoms in total. The van der Waals surface area contributed by atoms with Crippen molar-refractivity contribution in [3.63, 3.8) is 0 Å². The Labute approximate surface area is 124 Å². The van der Waals surface area contributed by atoms with Gasteiger partial charge in [0.25, 0.3) is 0 Å². The summed E-state index contributed by atoms with van der Waals surface area (Å²) in [7, 11) is 0. The molecule has 0 spiro atoms. The van der Waals surface area contributed by atoms with Gasteiger partial charge in [-0.15, -0.1) is 0 Å². The summed E-state index contributed by atoms with van der Waals surface area (Å²) >= 11 is 0. The van der Waals surface area contributed by atoms with E-state index in [0.717, 1.165) is 24.7 Å². The maximum Gasteiger partial charge on any atom is 0.132 e. The maximum absolute atomic E-state index is 11.6. The van der Waals surface area contributed by atoms with E-state index in [2.05, 4.69) is 0 Å². The number of aliphatic hydroxyl groups excluding tert-OH is 1. The molecule has 1 heterocycles. The van der Waals surface area contributed by atoms with Crippen LogP contribution in [-0.4, -0.2) is 23.6 Å². The number of carbonyl (C=O) groups excluding carboxylic acids is 1. The summed E-state index contributed by atoms with van der Waals surface area (Å²) in [6, 6.07) is 9.55. The molecule has 3 heteroatoms. The molecule has 21 heavy (non-hydrogen) atoms. The van der Waals surface area contributed by atoms with Gasteiger partial charge in [-0.3, -0.25) is 0 Å². The smallest absolute Gasteiger partial charge is 0.132 e. The minimum atomic E-state index is -0.636. The van der Waals surface area contributed by atoms with Gasteiger partial charge < -0.3 is 14.6 Å². The van der Waals surface area contributed by atoms with Crippen molar-refractivity contribution in [3.05, 3.63) is 60.2 Å². The van der Waals surface area contributed by atoms with Crippen molar-refractivity contribution in [1.29, 1.82) is 0 Å². The molecule has 0 saturated carbocycles. The highest BCUT2D eigenvalue weighted by Gasteiger charge is 2.43. The van der Waals surface area contributed by atoms with E-state index in [0.29, 0.717) is 6.42 Å². The molecule has 0 bridgehead atoms. The fourth-order valence-corrected chi connectivity index (χ4v) is 3.21. The van der Waals surface area contributed by atoms with Crippen LogP contribution in [0.3, 0.4) is 0 Å². The lowest BCUT2D eigenvalue weighted by Gasteiger charge is -2.32. The second-order valence-electron chi connectivity index (χ2n) is 5.82. The third kappa shape index (κ3) is 2.71. The van der Waals surface area contributed by atoms with Crippen LogP contribution >= 0.6 is 0 Å². The zero-order valence-electron chi connectivity index (χ0n) is 11.9. The molecule has 0 amide bonds. The summed E-state index contributed by atoms with van der Waals surface area (Å²) in [6.45, 7) is 0. The molecule has 1 aromatic carbocycles. The van der Waals surface area contributed by atoms with Crippen LogP contribution in [0.5, 0.6) is 0 Å². The van der Waals surface area contributed by atoms with Gasteiger partial charge in [-0.25, -0.2) is 0 Å². The highest BCUT2D eigenvalue weighted by atomic mass is 16.5. The first-order valence-corrected chi connectivity index (χ1v) is 7.44. The minimum absolute atomic E-state index is 0.153. The minimum Gasteiger partial charge on any atom is -0.386 e. The number of carbonyl (C=O) groups is 1. The van der Waals surface area contributed by atoms with Gasteiger partial charge in [-0.05, 0) is 24.8 Å². The van der Waals surface area contributed by atoms with Crippen molar-refractivity contribution in [2.45, 2.75) is 37.6 Å². The number of hydrogen-bond acceptors (Lipinski definition) is 3. The summed E-state index contributed by atoms with van der Waals surface area (Å²) < 4.78 is 6.04. The van der Waals surface area contributed by atoms with Crippen LogP contribution in [0.25, 0.3) is 0 Å². The lowest BCUT2D eigenvalue weighted by Crippen LogP contribution is -2.36. The molecule has 1 aliphatic carbocycles. The van der Waals surface area contributed by atoms with Crippen LogP contribution < -0.4 is 0 Å². The zero-order valence-corrected chi connectivity index (χ0v) is 11.9. The van der Waals surface area contributed by atoms with Crippen molar-refractivity contribution < 1.29 is 14.6 Å². The van der Waals surface area contributed by atoms with Gasteiger partial charge in [0.15, 0.2) is 0 Å². The van der Waals surface area contributed by atoms with Gasteiger partial charge in [0.05, 0.1) is 17.6 Å². The quantitative estimate of drug-likeness (QED) is 0.865.